The molecular formula is C18H21N3O4S. The molecule has 2 aliphatic rings. The SMILES string of the molecule is Cc1ocnc1C(=O)N1CCN(Cc2ccccc2)[C@@H]2CS(=O)(=O)C[C@@H]21. The minimum absolute atomic E-state index is 0.00555. The minimum atomic E-state index is -3.18. The lowest BCUT2D eigenvalue weighted by atomic mass is 10.0. The summed E-state index contributed by atoms with van der Waals surface area (Å²) in [6, 6.07) is 9.45. The van der Waals surface area contributed by atoms with Gasteiger partial charge >= 0.3 is 0 Å². The molecule has 0 unspecified atom stereocenters. The fourth-order valence-electron chi connectivity index (χ4n) is 3.94. The summed E-state index contributed by atoms with van der Waals surface area (Å²) < 4.78 is 29.8. The zero-order chi connectivity index (χ0) is 18.3. The van der Waals surface area contributed by atoms with Gasteiger partial charge in [0.1, 0.15) is 5.76 Å². The lowest BCUT2D eigenvalue weighted by molar-refractivity contribution is 0.0301. The molecule has 2 fully saturated rings. The van der Waals surface area contributed by atoms with E-state index in [1.807, 2.05) is 30.3 Å². The van der Waals surface area contributed by atoms with Gasteiger partial charge in [-0.1, -0.05) is 30.3 Å². The van der Waals surface area contributed by atoms with Crippen LogP contribution in [0.15, 0.2) is 41.1 Å². The molecule has 4 rings (SSSR count). The predicted molar refractivity (Wildman–Crippen MR) is 95.4 cm³/mol. The standard InChI is InChI=1S/C18H21N3O4S/c1-13-17(19-12-25-13)18(22)21-8-7-20(9-14-5-3-2-4-6-14)15-10-26(23,24)11-16(15)21/h2-6,12,15-16H,7-11H2,1H3/t15-,16+/m1/s1. The zero-order valence-corrected chi connectivity index (χ0v) is 15.4. The molecule has 0 spiro atoms. The Morgan fingerprint density at radius 3 is 2.62 bits per heavy atom. The number of oxazole rings is 1. The molecule has 0 radical (unpaired) electrons. The summed E-state index contributed by atoms with van der Waals surface area (Å²) in [6.45, 7) is 3.49. The van der Waals surface area contributed by atoms with E-state index in [0.717, 1.165) is 5.56 Å². The van der Waals surface area contributed by atoms with Gasteiger partial charge in [0, 0.05) is 25.7 Å². The van der Waals surface area contributed by atoms with Crippen LogP contribution in [0, 0.1) is 6.92 Å². The quantitative estimate of drug-likeness (QED) is 0.799. The monoisotopic (exact) mass is 375 g/mol. The number of fused-ring (bicyclic) bond motifs is 1. The van der Waals surface area contributed by atoms with Crippen molar-refractivity contribution in [2.45, 2.75) is 25.6 Å². The number of hydrogen-bond acceptors (Lipinski definition) is 6. The van der Waals surface area contributed by atoms with E-state index >= 15 is 0 Å². The summed E-state index contributed by atoms with van der Waals surface area (Å²) in [6.07, 6.45) is 1.25. The van der Waals surface area contributed by atoms with Gasteiger partial charge in [-0.15, -0.1) is 0 Å². The van der Waals surface area contributed by atoms with Crippen molar-refractivity contribution in [3.8, 4) is 0 Å². The average Bonchev–Trinajstić information content (AvgIpc) is 3.17. The molecule has 0 saturated carbocycles. The van der Waals surface area contributed by atoms with Crippen LogP contribution in [0.5, 0.6) is 0 Å². The first kappa shape index (κ1) is 17.2. The molecule has 1 aromatic heterocycles. The van der Waals surface area contributed by atoms with Crippen LogP contribution in [0.2, 0.25) is 0 Å². The molecule has 26 heavy (non-hydrogen) atoms. The fourth-order valence-corrected chi connectivity index (χ4v) is 5.95. The number of carbonyl (C=O) groups is 1. The zero-order valence-electron chi connectivity index (χ0n) is 14.5. The Kier molecular flexibility index (Phi) is 4.32. The van der Waals surface area contributed by atoms with E-state index in [2.05, 4.69) is 9.88 Å². The summed E-state index contributed by atoms with van der Waals surface area (Å²) in [5.41, 5.74) is 1.41. The van der Waals surface area contributed by atoms with E-state index < -0.39 is 9.84 Å². The van der Waals surface area contributed by atoms with Crippen molar-refractivity contribution >= 4 is 15.7 Å². The number of aromatic nitrogens is 1. The lowest BCUT2D eigenvalue weighted by Gasteiger charge is -2.43. The Morgan fingerprint density at radius 2 is 1.92 bits per heavy atom. The Bertz CT molecular complexity index is 910. The maximum Gasteiger partial charge on any atom is 0.276 e. The van der Waals surface area contributed by atoms with Gasteiger partial charge < -0.3 is 9.32 Å². The van der Waals surface area contributed by atoms with Gasteiger partial charge in [0.05, 0.1) is 17.5 Å². The van der Waals surface area contributed by atoms with Crippen LogP contribution < -0.4 is 0 Å². The topological polar surface area (TPSA) is 83.7 Å². The number of sulfone groups is 1. The summed E-state index contributed by atoms with van der Waals surface area (Å²) in [4.78, 5) is 20.8. The second-order valence-corrected chi connectivity index (χ2v) is 9.08. The number of aryl methyl sites for hydroxylation is 1. The minimum Gasteiger partial charge on any atom is -0.448 e. The van der Waals surface area contributed by atoms with E-state index in [-0.39, 0.29) is 35.2 Å². The molecule has 138 valence electrons. The molecule has 2 atom stereocenters. The molecule has 7 nitrogen and oxygen atoms in total. The summed E-state index contributed by atoms with van der Waals surface area (Å²) in [5, 5.41) is 0. The molecule has 1 aromatic carbocycles. The van der Waals surface area contributed by atoms with Gasteiger partial charge in [0.2, 0.25) is 0 Å². The van der Waals surface area contributed by atoms with E-state index in [0.29, 0.717) is 25.4 Å². The molecule has 2 aromatic rings. The van der Waals surface area contributed by atoms with Crippen molar-refractivity contribution in [2.24, 2.45) is 0 Å². The molecule has 1 amide bonds. The Morgan fingerprint density at radius 1 is 1.19 bits per heavy atom. The second kappa shape index (κ2) is 6.51. The molecular weight excluding hydrogens is 354 g/mol. The van der Waals surface area contributed by atoms with Crippen LogP contribution in [0.1, 0.15) is 21.8 Å². The Labute approximate surface area is 152 Å². The van der Waals surface area contributed by atoms with Gasteiger partial charge in [-0.2, -0.15) is 0 Å². The first-order valence-corrected chi connectivity index (χ1v) is 10.5. The molecule has 0 bridgehead atoms. The highest BCUT2D eigenvalue weighted by Crippen LogP contribution is 2.29. The smallest absolute Gasteiger partial charge is 0.276 e. The van der Waals surface area contributed by atoms with Gasteiger partial charge in [0.15, 0.2) is 21.9 Å². The number of nitrogens with zero attached hydrogens (tertiary/aromatic N) is 3. The first-order chi connectivity index (χ1) is 12.4. The molecule has 0 N–H and O–H groups in total. The van der Waals surface area contributed by atoms with E-state index in [4.69, 9.17) is 4.42 Å². The van der Waals surface area contributed by atoms with Crippen LogP contribution in [0.3, 0.4) is 0 Å². The largest absolute Gasteiger partial charge is 0.448 e. The number of carbonyl (C=O) groups excluding carboxylic acids is 1. The van der Waals surface area contributed by atoms with Crippen LogP contribution in [0.4, 0.5) is 0 Å². The number of amides is 1. The number of piperazine rings is 1. The summed E-state index contributed by atoms with van der Waals surface area (Å²) in [5.74, 6) is 0.305. The van der Waals surface area contributed by atoms with Gasteiger partial charge in [0.25, 0.3) is 5.91 Å². The Balaban J connectivity index is 1.60. The van der Waals surface area contributed by atoms with Crippen molar-refractivity contribution < 1.29 is 17.6 Å². The van der Waals surface area contributed by atoms with E-state index in [1.54, 1.807) is 11.8 Å². The van der Waals surface area contributed by atoms with Crippen molar-refractivity contribution in [3.05, 3.63) is 53.7 Å². The number of benzene rings is 1. The van der Waals surface area contributed by atoms with Crippen LogP contribution in [-0.2, 0) is 16.4 Å². The van der Waals surface area contributed by atoms with Crippen molar-refractivity contribution in [1.82, 2.24) is 14.8 Å². The maximum atomic E-state index is 12.9. The Hall–Kier alpha value is -2.19. The summed E-state index contributed by atoms with van der Waals surface area (Å²) >= 11 is 0. The number of hydrogen-bond donors (Lipinski definition) is 0. The third-order valence-corrected chi connectivity index (χ3v) is 6.93. The van der Waals surface area contributed by atoms with Crippen molar-refractivity contribution in [2.75, 3.05) is 24.6 Å². The highest BCUT2D eigenvalue weighted by Gasteiger charge is 2.48. The number of rotatable bonds is 3. The highest BCUT2D eigenvalue weighted by molar-refractivity contribution is 7.91. The van der Waals surface area contributed by atoms with Gasteiger partial charge in [-0.05, 0) is 12.5 Å². The van der Waals surface area contributed by atoms with Crippen molar-refractivity contribution in [3.63, 3.8) is 0 Å². The highest BCUT2D eigenvalue weighted by atomic mass is 32.2. The molecule has 2 aliphatic heterocycles. The van der Waals surface area contributed by atoms with Crippen LogP contribution in [0.25, 0.3) is 0 Å². The second-order valence-electron chi connectivity index (χ2n) is 6.92. The van der Waals surface area contributed by atoms with Crippen LogP contribution >= 0.6 is 0 Å². The average molecular weight is 375 g/mol. The molecule has 8 heteroatoms. The predicted octanol–water partition coefficient (Wildman–Crippen LogP) is 1.11. The summed E-state index contributed by atoms with van der Waals surface area (Å²) in [7, 11) is -3.18. The van der Waals surface area contributed by atoms with E-state index in [1.165, 1.54) is 6.39 Å². The third kappa shape index (κ3) is 3.14. The fraction of sp³-hybridized carbons (Fsp3) is 0.444. The molecule has 2 saturated heterocycles. The van der Waals surface area contributed by atoms with Crippen LogP contribution in [-0.4, -0.2) is 65.8 Å². The van der Waals surface area contributed by atoms with Crippen molar-refractivity contribution in [1.29, 1.82) is 0 Å². The molecule has 3 heterocycles. The first-order valence-electron chi connectivity index (χ1n) is 8.64. The molecule has 0 aliphatic carbocycles. The maximum absolute atomic E-state index is 12.9. The lowest BCUT2D eigenvalue weighted by Crippen LogP contribution is -2.60. The van der Waals surface area contributed by atoms with Gasteiger partial charge in [-0.25, -0.2) is 13.4 Å². The van der Waals surface area contributed by atoms with Gasteiger partial charge in [-0.3, -0.25) is 9.69 Å². The third-order valence-electron chi connectivity index (χ3n) is 5.23. The van der Waals surface area contributed by atoms with E-state index in [9.17, 15) is 13.2 Å². The normalized spacial score (nSPS) is 25.2.